The molecule has 0 bridgehead atoms. The van der Waals surface area contributed by atoms with Crippen molar-refractivity contribution in [2.45, 2.75) is 51.6 Å². The Labute approximate surface area is 181 Å². The number of aryl methyl sites for hydroxylation is 2. The second kappa shape index (κ2) is 7.90. The van der Waals surface area contributed by atoms with Gasteiger partial charge in [-0.2, -0.15) is 0 Å². The fourth-order valence-electron chi connectivity index (χ4n) is 4.96. The zero-order valence-electron chi connectivity index (χ0n) is 17.6. The molecule has 0 unspecified atom stereocenters. The Balaban J connectivity index is 1.34. The van der Waals surface area contributed by atoms with E-state index in [0.29, 0.717) is 13.2 Å². The molecule has 1 fully saturated rings. The molecule has 1 saturated heterocycles. The summed E-state index contributed by atoms with van der Waals surface area (Å²) in [5.41, 5.74) is 5.64. The predicted octanol–water partition coefficient (Wildman–Crippen LogP) is 2.20. The fourth-order valence-corrected chi connectivity index (χ4v) is 6.00. The first-order valence-corrected chi connectivity index (χ1v) is 12.4. The van der Waals surface area contributed by atoms with Crippen molar-refractivity contribution in [3.05, 3.63) is 39.1 Å². The van der Waals surface area contributed by atoms with E-state index in [0.717, 1.165) is 55.3 Å². The lowest BCUT2D eigenvalue weighted by atomic mass is 9.99. The number of nitrogens with one attached hydrogen (secondary N) is 2. The minimum Gasteiger partial charge on any atom is -0.439 e. The maximum Gasteiger partial charge on any atom is 0.412 e. The number of amides is 2. The van der Waals surface area contributed by atoms with Crippen molar-refractivity contribution in [3.63, 3.8) is 0 Å². The van der Waals surface area contributed by atoms with Gasteiger partial charge in [0.1, 0.15) is 6.61 Å². The van der Waals surface area contributed by atoms with Crippen molar-refractivity contribution < 1.29 is 27.4 Å². The first-order valence-electron chi connectivity index (χ1n) is 10.9. The molecule has 166 valence electrons. The Morgan fingerprint density at radius 1 is 1.23 bits per heavy atom. The first kappa shape index (κ1) is 20.4. The number of nitrogens with zero attached hydrogens (tertiary/aromatic N) is 2. The number of hydrogen-bond acceptors (Lipinski definition) is 6. The summed E-state index contributed by atoms with van der Waals surface area (Å²) >= 11 is 0. The number of rotatable bonds is 5. The van der Waals surface area contributed by atoms with E-state index in [1.165, 1.54) is 15.8 Å². The molecular weight excluding hydrogens is 420 g/mol. The number of azo groups is 2. The molecular formula is C21H27N4O5S+. The van der Waals surface area contributed by atoms with Gasteiger partial charge in [-0.05, 0) is 72.8 Å². The molecule has 9 nitrogen and oxygen atoms in total. The third-order valence-electron chi connectivity index (χ3n) is 6.31. The molecule has 2 aliphatic carbocycles. The average Bonchev–Trinajstić information content (AvgIpc) is 3.46. The molecule has 2 aliphatic heterocycles. The second-order valence-electron chi connectivity index (χ2n) is 8.29. The van der Waals surface area contributed by atoms with Crippen molar-refractivity contribution in [3.8, 4) is 0 Å². The quantitative estimate of drug-likeness (QED) is 0.673. The lowest BCUT2D eigenvalue weighted by Crippen LogP contribution is -2.39. The summed E-state index contributed by atoms with van der Waals surface area (Å²) in [5.74, 6) is 0.178. The van der Waals surface area contributed by atoms with Crippen molar-refractivity contribution >= 4 is 21.7 Å². The summed E-state index contributed by atoms with van der Waals surface area (Å²) in [4.78, 5) is 12.7. The summed E-state index contributed by atoms with van der Waals surface area (Å²) in [6.07, 6.45) is 5.76. The van der Waals surface area contributed by atoms with Gasteiger partial charge in [0, 0.05) is 12.3 Å². The molecule has 5 rings (SSSR count). The van der Waals surface area contributed by atoms with Crippen LogP contribution in [0.4, 0.5) is 10.5 Å². The average molecular weight is 448 g/mol. The normalized spacial score (nSPS) is 21.8. The number of fused-ring (bicyclic) bond motifs is 3. The highest BCUT2D eigenvalue weighted by atomic mass is 32.2. The zero-order valence-corrected chi connectivity index (χ0v) is 18.4. The van der Waals surface area contributed by atoms with Crippen LogP contribution in [0.2, 0.25) is 0 Å². The van der Waals surface area contributed by atoms with E-state index >= 15 is 0 Å². The lowest BCUT2D eigenvalue weighted by molar-refractivity contribution is -0.592. The third-order valence-corrected chi connectivity index (χ3v) is 7.71. The second-order valence-corrected chi connectivity index (χ2v) is 10.00. The van der Waals surface area contributed by atoms with Crippen LogP contribution >= 0.6 is 0 Å². The Kier molecular flexibility index (Phi) is 5.21. The van der Waals surface area contributed by atoms with Crippen molar-refractivity contribution in [1.29, 1.82) is 0 Å². The molecule has 31 heavy (non-hydrogen) atoms. The van der Waals surface area contributed by atoms with Gasteiger partial charge in [0.2, 0.25) is 11.4 Å². The number of sulfonamides is 1. The predicted molar refractivity (Wildman–Crippen MR) is 112 cm³/mol. The fraction of sp³-hybridized carbons (Fsp3) is 0.571. The van der Waals surface area contributed by atoms with Gasteiger partial charge in [-0.25, -0.2) is 17.9 Å². The zero-order chi connectivity index (χ0) is 21.6. The SMILES string of the molecule is CCO[C@H]1COC2=C(S(=O)(=O)NC(=O)Nc3c4c(cc5c3CCC5)CCC4)CN=[N+]2C1. The van der Waals surface area contributed by atoms with E-state index in [-0.39, 0.29) is 30.0 Å². The summed E-state index contributed by atoms with van der Waals surface area (Å²) in [6.45, 7) is 3.05. The Bertz CT molecular complexity index is 1080. The molecule has 2 N–H and O–H groups in total. The standard InChI is InChI=1S/C21H26N4O5S/c1-2-29-15-11-25-20(30-12-15)18(10-22-25)31(27,28)24-21(26)23-19-16-7-3-5-13(16)9-14-6-4-8-17(14)19/h9,15H,2-8,10-12H2,1H3,(H-,23,24,26)/p+1/t15-/m1/s1. The molecule has 0 radical (unpaired) electrons. The van der Waals surface area contributed by atoms with Crippen LogP contribution in [0.15, 0.2) is 22.0 Å². The van der Waals surface area contributed by atoms with E-state index in [1.54, 1.807) is 0 Å². The van der Waals surface area contributed by atoms with Crippen LogP contribution in [0.25, 0.3) is 0 Å². The van der Waals surface area contributed by atoms with Crippen LogP contribution in [0.5, 0.6) is 0 Å². The van der Waals surface area contributed by atoms with Gasteiger partial charge >= 0.3 is 11.9 Å². The smallest absolute Gasteiger partial charge is 0.412 e. The number of urea groups is 1. The highest BCUT2D eigenvalue weighted by Gasteiger charge is 2.43. The third kappa shape index (κ3) is 3.71. The molecule has 1 atom stereocenters. The molecule has 4 aliphatic rings. The largest absolute Gasteiger partial charge is 0.439 e. The van der Waals surface area contributed by atoms with E-state index in [4.69, 9.17) is 9.47 Å². The van der Waals surface area contributed by atoms with E-state index in [1.807, 2.05) is 6.92 Å². The number of benzene rings is 1. The maximum absolute atomic E-state index is 12.9. The van der Waals surface area contributed by atoms with Crippen LogP contribution in [-0.4, -0.2) is 51.6 Å². The van der Waals surface area contributed by atoms with Crippen molar-refractivity contribution in [2.24, 2.45) is 5.11 Å². The van der Waals surface area contributed by atoms with Gasteiger partial charge in [-0.15, -0.1) is 0 Å². The number of carbonyl (C=O) groups excluding carboxylic acids is 1. The number of hydrogen-bond donors (Lipinski definition) is 2. The summed E-state index contributed by atoms with van der Waals surface area (Å²) < 4.78 is 40.7. The van der Waals surface area contributed by atoms with E-state index in [2.05, 4.69) is 21.2 Å². The number of ether oxygens (including phenoxy) is 2. The molecule has 1 aromatic rings. The first-order chi connectivity index (χ1) is 15.0. The van der Waals surface area contributed by atoms with Gasteiger partial charge in [0.15, 0.2) is 12.6 Å². The van der Waals surface area contributed by atoms with Crippen molar-refractivity contribution in [2.75, 3.05) is 31.6 Å². The Morgan fingerprint density at radius 2 is 1.94 bits per heavy atom. The monoisotopic (exact) mass is 447 g/mol. The molecule has 2 heterocycles. The van der Waals surface area contributed by atoms with Gasteiger partial charge in [0.25, 0.3) is 10.0 Å². The molecule has 0 spiro atoms. The number of carbonyl (C=O) groups is 1. The van der Waals surface area contributed by atoms with Crippen LogP contribution in [0.1, 0.15) is 42.0 Å². The van der Waals surface area contributed by atoms with Crippen molar-refractivity contribution in [1.82, 2.24) is 4.72 Å². The van der Waals surface area contributed by atoms with Gasteiger partial charge in [0.05, 0.1) is 0 Å². The maximum atomic E-state index is 12.9. The highest BCUT2D eigenvalue weighted by molar-refractivity contribution is 7.94. The molecule has 0 aromatic heterocycles. The van der Waals surface area contributed by atoms with E-state index in [9.17, 15) is 13.2 Å². The van der Waals surface area contributed by atoms with Crippen LogP contribution in [-0.2, 0) is 45.2 Å². The molecule has 1 aromatic carbocycles. The molecule has 10 heteroatoms. The minimum atomic E-state index is -4.09. The Morgan fingerprint density at radius 3 is 2.61 bits per heavy atom. The topological polar surface area (TPSA) is 109 Å². The van der Waals surface area contributed by atoms with Gasteiger partial charge in [-0.1, -0.05) is 10.8 Å². The molecule has 2 amide bonds. The van der Waals surface area contributed by atoms with Gasteiger partial charge < -0.3 is 14.8 Å². The summed E-state index contributed by atoms with van der Waals surface area (Å²) in [5, 5.41) is 7.09. The summed E-state index contributed by atoms with van der Waals surface area (Å²) in [6, 6.07) is 1.52. The highest BCUT2D eigenvalue weighted by Crippen LogP contribution is 2.38. The summed E-state index contributed by atoms with van der Waals surface area (Å²) in [7, 11) is -4.09. The van der Waals surface area contributed by atoms with Crippen LogP contribution < -0.4 is 10.0 Å². The van der Waals surface area contributed by atoms with Gasteiger partial charge in [-0.3, -0.25) is 0 Å². The number of anilines is 1. The lowest BCUT2D eigenvalue weighted by Gasteiger charge is -2.19. The van der Waals surface area contributed by atoms with E-state index < -0.39 is 16.1 Å². The van der Waals surface area contributed by atoms with Crippen LogP contribution in [0.3, 0.4) is 0 Å². The Hall–Kier alpha value is -2.46. The minimum absolute atomic E-state index is 0.0267. The molecule has 0 saturated carbocycles. The van der Waals surface area contributed by atoms with Crippen LogP contribution in [0, 0.1) is 0 Å².